The van der Waals surface area contributed by atoms with Crippen LogP contribution in [-0.4, -0.2) is 62.3 Å². The zero-order valence-corrected chi connectivity index (χ0v) is 18.9. The Balaban J connectivity index is 1.42. The summed E-state index contributed by atoms with van der Waals surface area (Å²) in [5, 5.41) is 1.14. The van der Waals surface area contributed by atoms with E-state index < -0.39 is 0 Å². The highest BCUT2D eigenvalue weighted by Crippen LogP contribution is 2.21. The van der Waals surface area contributed by atoms with Crippen molar-refractivity contribution >= 4 is 50.5 Å². The van der Waals surface area contributed by atoms with Crippen LogP contribution >= 0.6 is 27.7 Å². The molecule has 1 aliphatic rings. The number of piperazine rings is 1. The van der Waals surface area contributed by atoms with Gasteiger partial charge in [0.15, 0.2) is 5.16 Å². The topological polar surface area (TPSA) is 84.2 Å². The first-order valence-corrected chi connectivity index (χ1v) is 11.5. The van der Waals surface area contributed by atoms with Gasteiger partial charge in [-0.1, -0.05) is 27.7 Å². The number of aromatic nitrogens is 4. The fourth-order valence-electron chi connectivity index (χ4n) is 3.39. The van der Waals surface area contributed by atoms with Crippen LogP contribution in [-0.2, 0) is 11.3 Å². The van der Waals surface area contributed by atoms with Crippen LogP contribution in [0.15, 0.2) is 51.1 Å². The van der Waals surface area contributed by atoms with Crippen LogP contribution in [0.25, 0.3) is 10.9 Å². The standard InChI is InChI=1S/C20H21BrN6O2S/c1-2-27-18(29)15-12-14(21)4-5-16(15)24-20(27)30-13-17(28)25-8-10-26(11-9-25)19-22-6-3-7-23-19/h3-7,12H,2,8-11,13H2,1H3. The van der Waals surface area contributed by atoms with Gasteiger partial charge in [0.05, 0.1) is 16.7 Å². The van der Waals surface area contributed by atoms with E-state index in [9.17, 15) is 9.59 Å². The maximum atomic E-state index is 12.8. The first-order valence-electron chi connectivity index (χ1n) is 9.69. The third-order valence-electron chi connectivity index (χ3n) is 4.99. The largest absolute Gasteiger partial charge is 0.338 e. The van der Waals surface area contributed by atoms with Crippen molar-refractivity contribution < 1.29 is 4.79 Å². The summed E-state index contributed by atoms with van der Waals surface area (Å²) in [6.45, 7) is 5.05. The number of halogens is 1. The Hall–Kier alpha value is -2.46. The minimum atomic E-state index is -0.0878. The number of carbonyl (C=O) groups is 1. The number of amides is 1. The Morgan fingerprint density at radius 1 is 1.17 bits per heavy atom. The predicted octanol–water partition coefficient (Wildman–Crippen LogP) is 2.41. The molecule has 2 aromatic heterocycles. The van der Waals surface area contributed by atoms with Crippen LogP contribution in [0, 0.1) is 0 Å². The van der Waals surface area contributed by atoms with Gasteiger partial charge in [-0.15, -0.1) is 0 Å². The summed E-state index contributed by atoms with van der Waals surface area (Å²) >= 11 is 4.72. The lowest BCUT2D eigenvalue weighted by atomic mass is 10.2. The van der Waals surface area contributed by atoms with E-state index in [0.717, 1.165) is 4.47 Å². The molecule has 30 heavy (non-hydrogen) atoms. The number of fused-ring (bicyclic) bond motifs is 1. The highest BCUT2D eigenvalue weighted by Gasteiger charge is 2.23. The maximum Gasteiger partial charge on any atom is 0.262 e. The predicted molar refractivity (Wildman–Crippen MR) is 121 cm³/mol. The van der Waals surface area contributed by atoms with E-state index in [-0.39, 0.29) is 17.2 Å². The van der Waals surface area contributed by atoms with Crippen molar-refractivity contribution in [3.63, 3.8) is 0 Å². The molecule has 0 atom stereocenters. The Bertz CT molecular complexity index is 1120. The molecule has 1 fully saturated rings. The summed E-state index contributed by atoms with van der Waals surface area (Å²) in [5.41, 5.74) is 0.551. The van der Waals surface area contributed by atoms with Crippen LogP contribution in [0.2, 0.25) is 0 Å². The molecule has 10 heteroatoms. The average molecular weight is 489 g/mol. The normalized spacial score (nSPS) is 14.3. The molecule has 1 aromatic carbocycles. The highest BCUT2D eigenvalue weighted by atomic mass is 79.9. The lowest BCUT2D eigenvalue weighted by Crippen LogP contribution is -2.49. The zero-order valence-electron chi connectivity index (χ0n) is 16.5. The van der Waals surface area contributed by atoms with Gasteiger partial charge in [-0.25, -0.2) is 15.0 Å². The summed E-state index contributed by atoms with van der Waals surface area (Å²) < 4.78 is 2.46. The van der Waals surface area contributed by atoms with Gasteiger partial charge in [0.25, 0.3) is 5.56 Å². The monoisotopic (exact) mass is 488 g/mol. The molecule has 0 aliphatic carbocycles. The highest BCUT2D eigenvalue weighted by molar-refractivity contribution is 9.10. The van der Waals surface area contributed by atoms with Crippen LogP contribution in [0.4, 0.5) is 5.95 Å². The van der Waals surface area contributed by atoms with Gasteiger partial charge in [0.2, 0.25) is 11.9 Å². The van der Waals surface area contributed by atoms with Gasteiger partial charge in [-0.3, -0.25) is 14.2 Å². The van der Waals surface area contributed by atoms with Gasteiger partial charge in [-0.2, -0.15) is 0 Å². The molecule has 0 saturated carbocycles. The zero-order chi connectivity index (χ0) is 21.1. The van der Waals surface area contributed by atoms with E-state index in [4.69, 9.17) is 0 Å². The summed E-state index contributed by atoms with van der Waals surface area (Å²) in [6, 6.07) is 7.25. The molecule has 1 aliphatic heterocycles. The van der Waals surface area contributed by atoms with Crippen LogP contribution in [0.5, 0.6) is 0 Å². The van der Waals surface area contributed by atoms with Gasteiger partial charge in [0, 0.05) is 49.6 Å². The van der Waals surface area contributed by atoms with Crippen molar-refractivity contribution in [1.29, 1.82) is 0 Å². The minimum Gasteiger partial charge on any atom is -0.338 e. The van der Waals surface area contributed by atoms with Crippen LogP contribution in [0.1, 0.15) is 6.92 Å². The van der Waals surface area contributed by atoms with Gasteiger partial charge < -0.3 is 9.80 Å². The molecule has 8 nitrogen and oxygen atoms in total. The smallest absolute Gasteiger partial charge is 0.262 e. The number of hydrogen-bond acceptors (Lipinski definition) is 7. The second-order valence-electron chi connectivity index (χ2n) is 6.81. The third-order valence-corrected chi connectivity index (χ3v) is 6.44. The number of anilines is 1. The Kier molecular flexibility index (Phi) is 6.33. The van der Waals surface area contributed by atoms with Crippen LogP contribution in [0.3, 0.4) is 0 Å². The first-order chi connectivity index (χ1) is 14.6. The lowest BCUT2D eigenvalue weighted by Gasteiger charge is -2.34. The van der Waals surface area contributed by atoms with E-state index in [2.05, 4.69) is 35.8 Å². The molecule has 0 unspecified atom stereocenters. The maximum absolute atomic E-state index is 12.8. The SMILES string of the molecule is CCn1c(SCC(=O)N2CCN(c3ncccn3)CC2)nc2ccc(Br)cc2c1=O. The van der Waals surface area contributed by atoms with E-state index in [1.807, 2.05) is 24.0 Å². The molecule has 3 aromatic rings. The van der Waals surface area contributed by atoms with E-state index in [0.29, 0.717) is 54.7 Å². The molecule has 1 saturated heterocycles. The second kappa shape index (κ2) is 9.13. The minimum absolute atomic E-state index is 0.0430. The van der Waals surface area contributed by atoms with Crippen molar-refractivity contribution in [2.24, 2.45) is 0 Å². The van der Waals surface area contributed by atoms with Crippen LogP contribution < -0.4 is 10.5 Å². The van der Waals surface area contributed by atoms with Crippen molar-refractivity contribution in [1.82, 2.24) is 24.4 Å². The number of nitrogens with zero attached hydrogens (tertiary/aromatic N) is 6. The van der Waals surface area contributed by atoms with E-state index in [1.165, 1.54) is 11.8 Å². The van der Waals surface area contributed by atoms with Crippen molar-refractivity contribution in [2.75, 3.05) is 36.8 Å². The third kappa shape index (κ3) is 4.34. The molecule has 0 bridgehead atoms. The molecule has 3 heterocycles. The lowest BCUT2D eigenvalue weighted by molar-refractivity contribution is -0.128. The average Bonchev–Trinajstić information content (AvgIpc) is 2.79. The van der Waals surface area contributed by atoms with Gasteiger partial charge in [0.1, 0.15) is 0 Å². The van der Waals surface area contributed by atoms with Crippen molar-refractivity contribution in [3.05, 3.63) is 51.5 Å². The van der Waals surface area contributed by atoms with Gasteiger partial charge >= 0.3 is 0 Å². The molecule has 1 amide bonds. The number of rotatable bonds is 5. The molecule has 0 radical (unpaired) electrons. The Labute approximate surface area is 186 Å². The number of thioether (sulfide) groups is 1. The molecular formula is C20H21BrN6O2S. The number of carbonyl (C=O) groups excluding carboxylic acids is 1. The summed E-state index contributed by atoms with van der Waals surface area (Å²) in [5.74, 6) is 0.982. The molecule has 0 spiro atoms. The fraction of sp³-hybridized carbons (Fsp3) is 0.350. The Morgan fingerprint density at radius 3 is 2.60 bits per heavy atom. The summed E-state index contributed by atoms with van der Waals surface area (Å²) in [7, 11) is 0. The number of hydrogen-bond donors (Lipinski definition) is 0. The van der Waals surface area contributed by atoms with Crippen molar-refractivity contribution in [3.8, 4) is 0 Å². The molecular weight excluding hydrogens is 468 g/mol. The summed E-state index contributed by atoms with van der Waals surface area (Å²) in [6.07, 6.45) is 3.44. The molecule has 4 rings (SSSR count). The van der Waals surface area contributed by atoms with Gasteiger partial charge in [-0.05, 0) is 31.2 Å². The number of benzene rings is 1. The van der Waals surface area contributed by atoms with E-state index in [1.54, 1.807) is 29.1 Å². The quantitative estimate of drug-likeness (QED) is 0.402. The molecule has 0 N–H and O–H groups in total. The fourth-order valence-corrected chi connectivity index (χ4v) is 4.72. The second-order valence-corrected chi connectivity index (χ2v) is 8.67. The molecule has 156 valence electrons. The van der Waals surface area contributed by atoms with E-state index >= 15 is 0 Å². The first kappa shape index (κ1) is 20.8. The Morgan fingerprint density at radius 2 is 1.90 bits per heavy atom. The summed E-state index contributed by atoms with van der Waals surface area (Å²) in [4.78, 5) is 42.7. The van der Waals surface area contributed by atoms with Crippen molar-refractivity contribution in [2.45, 2.75) is 18.6 Å².